The predicted molar refractivity (Wildman–Crippen MR) is 63.8 cm³/mol. The first-order chi connectivity index (χ1) is 7.52. The Balaban J connectivity index is 3.88. The number of rotatable bonds is 6. The molecule has 2 unspecified atom stereocenters. The Morgan fingerprint density at radius 2 is 2.25 bits per heavy atom. The summed E-state index contributed by atoms with van der Waals surface area (Å²) in [6, 6.07) is -0.710. The summed E-state index contributed by atoms with van der Waals surface area (Å²) in [5.41, 5.74) is 5.52. The van der Waals surface area contributed by atoms with Crippen LogP contribution in [0, 0.1) is 12.3 Å². The molecule has 16 heavy (non-hydrogen) atoms. The van der Waals surface area contributed by atoms with Crippen LogP contribution in [0.4, 0.5) is 0 Å². The van der Waals surface area contributed by atoms with E-state index in [2.05, 4.69) is 16.0 Å². The molecule has 0 aromatic heterocycles. The van der Waals surface area contributed by atoms with Crippen molar-refractivity contribution in [2.24, 2.45) is 5.73 Å². The molecule has 0 radical (unpaired) electrons. The second-order valence-electron chi connectivity index (χ2n) is 3.03. The highest BCUT2D eigenvalue weighted by molar-refractivity contribution is 8.00. The zero-order valence-electron chi connectivity index (χ0n) is 9.36. The van der Waals surface area contributed by atoms with E-state index in [1.807, 2.05) is 0 Å². The molecule has 0 saturated heterocycles. The molecule has 0 bridgehead atoms. The minimum atomic E-state index is -0.710. The number of nitrogens with two attached hydrogens (primary N) is 1. The Hall–Kier alpha value is -1.19. The third-order valence-electron chi connectivity index (χ3n) is 1.76. The summed E-state index contributed by atoms with van der Waals surface area (Å²) < 4.78 is 4.47. The van der Waals surface area contributed by atoms with Gasteiger partial charge in [0.25, 0.3) is 0 Å². The largest absolute Gasteiger partial charge is 0.468 e. The molecule has 3 N–H and O–H groups in total. The summed E-state index contributed by atoms with van der Waals surface area (Å²) in [7, 11) is 1.27. The van der Waals surface area contributed by atoms with Crippen molar-refractivity contribution in [3.63, 3.8) is 0 Å². The maximum atomic E-state index is 11.4. The predicted octanol–water partition coefficient (Wildman–Crippen LogP) is -0.642. The number of ether oxygens (including phenoxy) is 1. The number of terminal acetylenes is 1. The van der Waals surface area contributed by atoms with Gasteiger partial charge in [-0.05, 0) is 6.92 Å². The van der Waals surface area contributed by atoms with Crippen molar-refractivity contribution in [2.45, 2.75) is 18.2 Å². The third kappa shape index (κ3) is 5.63. The maximum absolute atomic E-state index is 11.4. The van der Waals surface area contributed by atoms with Crippen LogP contribution in [0.15, 0.2) is 0 Å². The molecular formula is C10H16N2O3S. The molecule has 0 aliphatic heterocycles. The van der Waals surface area contributed by atoms with Gasteiger partial charge in [0.2, 0.25) is 5.91 Å². The molecule has 6 heteroatoms. The summed E-state index contributed by atoms with van der Waals surface area (Å²) in [6.07, 6.45) is 5.00. The summed E-state index contributed by atoms with van der Waals surface area (Å²) >= 11 is 1.28. The lowest BCUT2D eigenvalue weighted by atomic mass is 10.4. The molecule has 1 amide bonds. The molecule has 0 aromatic rings. The van der Waals surface area contributed by atoms with E-state index >= 15 is 0 Å². The van der Waals surface area contributed by atoms with Crippen LogP contribution in [0.5, 0.6) is 0 Å². The van der Waals surface area contributed by atoms with E-state index in [-0.39, 0.29) is 17.7 Å². The highest BCUT2D eigenvalue weighted by atomic mass is 32.2. The van der Waals surface area contributed by atoms with E-state index in [0.29, 0.717) is 5.75 Å². The monoisotopic (exact) mass is 244 g/mol. The van der Waals surface area contributed by atoms with Crippen LogP contribution >= 0.6 is 11.8 Å². The van der Waals surface area contributed by atoms with Gasteiger partial charge in [0.1, 0.15) is 6.04 Å². The van der Waals surface area contributed by atoms with Gasteiger partial charge in [-0.3, -0.25) is 9.59 Å². The zero-order chi connectivity index (χ0) is 12.6. The number of hydrogen-bond donors (Lipinski definition) is 2. The first-order valence-electron chi connectivity index (χ1n) is 4.69. The average Bonchev–Trinajstić information content (AvgIpc) is 2.31. The third-order valence-corrected chi connectivity index (χ3v) is 3.03. The standard InChI is InChI=1S/C10H16N2O3S/c1-4-5-12-9(13)7(2)16-6-8(11)10(14)15-3/h1,7-8H,5-6,11H2,2-3H3,(H,12,13). The second kappa shape index (κ2) is 8.02. The molecule has 0 aromatic carbocycles. The number of carbonyl (C=O) groups excluding carboxylic acids is 2. The first kappa shape index (κ1) is 14.8. The Bertz CT molecular complexity index is 288. The zero-order valence-corrected chi connectivity index (χ0v) is 10.2. The van der Waals surface area contributed by atoms with Gasteiger partial charge in [-0.15, -0.1) is 18.2 Å². The summed E-state index contributed by atoms with van der Waals surface area (Å²) in [6.45, 7) is 1.92. The Kier molecular flexibility index (Phi) is 7.42. The van der Waals surface area contributed by atoms with E-state index in [9.17, 15) is 9.59 Å². The van der Waals surface area contributed by atoms with E-state index < -0.39 is 12.0 Å². The SMILES string of the molecule is C#CCNC(=O)C(C)SCC(N)C(=O)OC. The van der Waals surface area contributed by atoms with Crippen LogP contribution in [0.3, 0.4) is 0 Å². The van der Waals surface area contributed by atoms with Gasteiger partial charge in [0, 0.05) is 5.75 Å². The number of thioether (sulfide) groups is 1. The van der Waals surface area contributed by atoms with Crippen LogP contribution in [0.2, 0.25) is 0 Å². The Labute approximate surface area is 99.5 Å². The van der Waals surface area contributed by atoms with Crippen molar-refractivity contribution < 1.29 is 14.3 Å². The van der Waals surface area contributed by atoms with E-state index in [1.54, 1.807) is 6.92 Å². The minimum absolute atomic E-state index is 0.167. The Morgan fingerprint density at radius 3 is 2.75 bits per heavy atom. The minimum Gasteiger partial charge on any atom is -0.468 e. The molecule has 0 rings (SSSR count). The van der Waals surface area contributed by atoms with Crippen LogP contribution in [-0.4, -0.2) is 42.6 Å². The normalized spacial score (nSPS) is 13.4. The van der Waals surface area contributed by atoms with E-state index in [4.69, 9.17) is 12.2 Å². The molecule has 5 nitrogen and oxygen atoms in total. The fraction of sp³-hybridized carbons (Fsp3) is 0.600. The quantitative estimate of drug-likeness (QED) is 0.480. The lowest BCUT2D eigenvalue weighted by molar-refractivity contribution is -0.141. The van der Waals surface area contributed by atoms with Crippen molar-refractivity contribution in [3.05, 3.63) is 0 Å². The molecule has 0 aliphatic carbocycles. The van der Waals surface area contributed by atoms with Gasteiger partial charge in [-0.1, -0.05) is 5.92 Å². The van der Waals surface area contributed by atoms with Crippen molar-refractivity contribution in [3.8, 4) is 12.3 Å². The Morgan fingerprint density at radius 1 is 1.62 bits per heavy atom. The number of methoxy groups -OCH3 is 1. The number of esters is 1. The molecule has 0 saturated carbocycles. The van der Waals surface area contributed by atoms with Gasteiger partial charge in [-0.2, -0.15) is 0 Å². The number of amides is 1. The van der Waals surface area contributed by atoms with E-state index in [0.717, 1.165) is 0 Å². The fourth-order valence-electron chi connectivity index (χ4n) is 0.825. The molecule has 90 valence electrons. The molecular weight excluding hydrogens is 228 g/mol. The lowest BCUT2D eigenvalue weighted by Gasteiger charge is -2.13. The summed E-state index contributed by atoms with van der Waals surface area (Å²) in [5.74, 6) is 1.99. The average molecular weight is 244 g/mol. The van der Waals surface area contributed by atoms with Crippen molar-refractivity contribution >= 4 is 23.6 Å². The number of nitrogens with one attached hydrogen (secondary N) is 1. The summed E-state index contributed by atoms with van der Waals surface area (Å²) in [5, 5.41) is 2.24. The van der Waals surface area contributed by atoms with Gasteiger partial charge in [0.15, 0.2) is 0 Å². The lowest BCUT2D eigenvalue weighted by Crippen LogP contribution is -2.36. The molecule has 0 heterocycles. The highest BCUT2D eigenvalue weighted by Crippen LogP contribution is 2.11. The topological polar surface area (TPSA) is 81.4 Å². The molecule has 0 spiro atoms. The van der Waals surface area contributed by atoms with Crippen LogP contribution in [0.1, 0.15) is 6.92 Å². The van der Waals surface area contributed by atoms with Crippen LogP contribution in [0.25, 0.3) is 0 Å². The van der Waals surface area contributed by atoms with Crippen LogP contribution < -0.4 is 11.1 Å². The van der Waals surface area contributed by atoms with Crippen molar-refractivity contribution in [2.75, 3.05) is 19.4 Å². The van der Waals surface area contributed by atoms with Gasteiger partial charge in [-0.25, -0.2) is 0 Å². The number of carbonyl (C=O) groups is 2. The van der Waals surface area contributed by atoms with Crippen molar-refractivity contribution in [1.29, 1.82) is 0 Å². The van der Waals surface area contributed by atoms with Crippen molar-refractivity contribution in [1.82, 2.24) is 5.32 Å². The first-order valence-corrected chi connectivity index (χ1v) is 5.74. The van der Waals surface area contributed by atoms with E-state index in [1.165, 1.54) is 18.9 Å². The fourth-order valence-corrected chi connectivity index (χ4v) is 1.69. The smallest absolute Gasteiger partial charge is 0.323 e. The summed E-state index contributed by atoms with van der Waals surface area (Å²) in [4.78, 5) is 22.3. The number of hydrogen-bond acceptors (Lipinski definition) is 5. The molecule has 0 fully saturated rings. The van der Waals surface area contributed by atoms with Gasteiger partial charge >= 0.3 is 5.97 Å². The van der Waals surface area contributed by atoms with Gasteiger partial charge < -0.3 is 15.8 Å². The molecule has 0 aliphatic rings. The molecule has 2 atom stereocenters. The highest BCUT2D eigenvalue weighted by Gasteiger charge is 2.18. The van der Waals surface area contributed by atoms with Gasteiger partial charge in [0.05, 0.1) is 18.9 Å². The second-order valence-corrected chi connectivity index (χ2v) is 4.40. The van der Waals surface area contributed by atoms with Crippen LogP contribution in [-0.2, 0) is 14.3 Å². The maximum Gasteiger partial charge on any atom is 0.323 e.